The summed E-state index contributed by atoms with van der Waals surface area (Å²) in [5.41, 5.74) is 12.4. The molecule has 0 unspecified atom stereocenters. The number of hydrazine groups is 2. The number of benzene rings is 4. The van der Waals surface area contributed by atoms with Crippen LogP contribution in [0.5, 0.6) is 5.88 Å². The number of carbonyl (C=O) groups is 6. The predicted octanol–water partition coefficient (Wildman–Crippen LogP) is 9.97. The molecule has 1 aliphatic heterocycles. The van der Waals surface area contributed by atoms with Gasteiger partial charge in [0.2, 0.25) is 23.6 Å². The lowest BCUT2D eigenvalue weighted by molar-refractivity contribution is -0.157. The molecule has 85 heavy (non-hydrogen) atoms. The first-order valence-corrected chi connectivity index (χ1v) is 29.6. The first-order chi connectivity index (χ1) is 40.6. The predicted molar refractivity (Wildman–Crippen MR) is 327 cm³/mol. The quantitative estimate of drug-likeness (QED) is 0.0191. The Morgan fingerprint density at radius 3 is 1.80 bits per heavy atom. The molecule has 1 aliphatic carbocycles. The molecule has 5 aromatic rings. The van der Waals surface area contributed by atoms with Gasteiger partial charge in [-0.05, 0) is 120 Å². The summed E-state index contributed by atoms with van der Waals surface area (Å²) in [7, 11) is 0. The molecule has 4 aromatic carbocycles. The van der Waals surface area contributed by atoms with Gasteiger partial charge in [-0.1, -0.05) is 123 Å². The maximum absolute atomic E-state index is 14.2. The monoisotopic (exact) mass is 1160 g/mol. The molecule has 0 bridgehead atoms. The van der Waals surface area contributed by atoms with Crippen LogP contribution in [0.3, 0.4) is 0 Å². The smallest absolute Gasteiger partial charge is 0.410 e. The average molecular weight is 1160 g/mol. The van der Waals surface area contributed by atoms with E-state index in [9.17, 15) is 28.8 Å². The number of hydrazone groups is 1. The maximum atomic E-state index is 14.2. The van der Waals surface area contributed by atoms with E-state index in [4.69, 9.17) is 23.9 Å². The van der Waals surface area contributed by atoms with E-state index in [0.717, 1.165) is 81.1 Å². The summed E-state index contributed by atoms with van der Waals surface area (Å²) in [4.78, 5) is 87.4. The first-order valence-electron chi connectivity index (χ1n) is 29.6. The number of rotatable bonds is 30. The van der Waals surface area contributed by atoms with Gasteiger partial charge in [0.25, 0.3) is 0 Å². The Morgan fingerprint density at radius 1 is 0.600 bits per heavy atom. The largest absolute Gasteiger partial charge is 0.478 e. The third kappa shape index (κ3) is 20.2. The van der Waals surface area contributed by atoms with Crippen LogP contribution < -0.4 is 26.4 Å². The van der Waals surface area contributed by atoms with Gasteiger partial charge in [-0.2, -0.15) is 0 Å². The van der Waals surface area contributed by atoms with Crippen LogP contribution in [-0.2, 0) is 38.2 Å². The van der Waals surface area contributed by atoms with Gasteiger partial charge in [-0.15, -0.1) is 10.6 Å². The Morgan fingerprint density at radius 2 is 1.18 bits per heavy atom. The number of aromatic nitrogens is 1. The summed E-state index contributed by atoms with van der Waals surface area (Å²) in [6.07, 6.45) is 3.46. The number of ether oxygens (including phenoxy) is 4. The third-order valence-electron chi connectivity index (χ3n) is 14.3. The van der Waals surface area contributed by atoms with Crippen molar-refractivity contribution in [1.82, 2.24) is 41.5 Å². The summed E-state index contributed by atoms with van der Waals surface area (Å²) >= 11 is 0. The molecule has 454 valence electrons. The number of unbranched alkanes of at least 4 members (excludes halogenated alkanes) is 2. The molecule has 19 heteroatoms. The number of nitrogens with zero attached hydrogens (tertiary/aromatic N) is 5. The molecule has 2 heterocycles. The first kappa shape index (κ1) is 64.2. The van der Waals surface area contributed by atoms with E-state index in [1.165, 1.54) is 4.90 Å². The van der Waals surface area contributed by atoms with Crippen LogP contribution in [0.1, 0.15) is 130 Å². The minimum absolute atomic E-state index is 0.0264. The Kier molecular flexibility index (Phi) is 23.0. The van der Waals surface area contributed by atoms with E-state index >= 15 is 0 Å². The molecule has 7 rings (SSSR count). The fraction of sp³-hybridized carbons (Fsp3) is 0.455. The zero-order valence-corrected chi connectivity index (χ0v) is 50.7. The van der Waals surface area contributed by atoms with Gasteiger partial charge in [0.15, 0.2) is 0 Å². The van der Waals surface area contributed by atoms with Crippen LogP contribution in [0, 0.1) is 5.41 Å². The number of amides is 4. The van der Waals surface area contributed by atoms with E-state index in [-0.39, 0.29) is 56.3 Å². The van der Waals surface area contributed by atoms with Gasteiger partial charge in [0.1, 0.15) is 30.2 Å². The summed E-state index contributed by atoms with van der Waals surface area (Å²) < 4.78 is 23.2. The number of hydrogen-bond acceptors (Lipinski definition) is 15. The van der Waals surface area contributed by atoms with Gasteiger partial charge < -0.3 is 34.5 Å². The number of pyridine rings is 1. The number of carbonyl (C=O) groups excluding carboxylic acids is 6. The SMILES string of the molecule is CC(C)(C)OC(=O)CCN(CC(=O)NCCCNC(=O)CCCCN1NNN=C1C(C)(C)CCCCOc1cc(-c2ccccc2)cc(-c2ccccc2)n1)C(=O)CN(CCC(=O)OC(C)(C)C)C(=O)OCC1c2ccccc2-c2ccccc21. The molecule has 0 atom stereocenters. The number of esters is 2. The highest BCUT2D eigenvalue weighted by atomic mass is 16.6. The molecule has 0 saturated heterocycles. The van der Waals surface area contributed by atoms with Crippen molar-refractivity contribution in [3.05, 3.63) is 132 Å². The lowest BCUT2D eigenvalue weighted by atomic mass is 9.85. The van der Waals surface area contributed by atoms with E-state index in [2.05, 4.69) is 71.0 Å². The number of amidine groups is 1. The average Bonchev–Trinajstić information content (AvgIpc) is 2.19. The van der Waals surface area contributed by atoms with Crippen molar-refractivity contribution < 1.29 is 47.7 Å². The molecule has 2 aliphatic rings. The van der Waals surface area contributed by atoms with Gasteiger partial charge in [-0.3, -0.25) is 33.9 Å². The minimum atomic E-state index is -0.829. The molecule has 0 fully saturated rings. The topological polar surface area (TPSA) is 222 Å². The summed E-state index contributed by atoms with van der Waals surface area (Å²) in [5, 5.41) is 12.3. The summed E-state index contributed by atoms with van der Waals surface area (Å²) in [6.45, 7) is 15.0. The van der Waals surface area contributed by atoms with E-state index in [1.807, 2.05) is 96.0 Å². The van der Waals surface area contributed by atoms with Crippen LogP contribution in [0.2, 0.25) is 0 Å². The van der Waals surface area contributed by atoms with Gasteiger partial charge in [0.05, 0.1) is 31.7 Å². The molecule has 4 amide bonds. The van der Waals surface area contributed by atoms with E-state index < -0.39 is 54.1 Å². The van der Waals surface area contributed by atoms with Crippen LogP contribution >= 0.6 is 0 Å². The van der Waals surface area contributed by atoms with Crippen molar-refractivity contribution in [2.24, 2.45) is 10.5 Å². The third-order valence-corrected chi connectivity index (χ3v) is 14.3. The number of hydrogen-bond donors (Lipinski definition) is 4. The van der Waals surface area contributed by atoms with Crippen molar-refractivity contribution in [1.29, 1.82) is 0 Å². The molecule has 0 saturated carbocycles. The Hall–Kier alpha value is -8.32. The summed E-state index contributed by atoms with van der Waals surface area (Å²) in [6, 6.07) is 40.3. The van der Waals surface area contributed by atoms with E-state index in [0.29, 0.717) is 44.8 Å². The lowest BCUT2D eigenvalue weighted by Crippen LogP contribution is -2.48. The lowest BCUT2D eigenvalue weighted by Gasteiger charge is -2.30. The highest BCUT2D eigenvalue weighted by molar-refractivity contribution is 5.89. The minimum Gasteiger partial charge on any atom is -0.478 e. The fourth-order valence-electron chi connectivity index (χ4n) is 10.2. The molecular weight excluding hydrogens is 1080 g/mol. The normalized spacial score (nSPS) is 12.9. The highest BCUT2D eigenvalue weighted by Crippen LogP contribution is 2.44. The highest BCUT2D eigenvalue weighted by Gasteiger charge is 2.34. The molecule has 1 aromatic heterocycles. The zero-order chi connectivity index (χ0) is 61.0. The summed E-state index contributed by atoms with van der Waals surface area (Å²) in [5.74, 6) is -1.19. The van der Waals surface area contributed by atoms with E-state index in [1.54, 1.807) is 41.5 Å². The van der Waals surface area contributed by atoms with Crippen LogP contribution in [0.15, 0.2) is 126 Å². The van der Waals surface area contributed by atoms with Crippen molar-refractivity contribution in [2.45, 2.75) is 130 Å². The second-order valence-electron chi connectivity index (χ2n) is 24.0. The molecule has 0 spiro atoms. The number of fused-ring (bicyclic) bond motifs is 3. The molecule has 19 nitrogen and oxygen atoms in total. The van der Waals surface area contributed by atoms with Crippen LogP contribution in [0.25, 0.3) is 33.5 Å². The number of nitrogens with one attached hydrogen (secondary N) is 4. The van der Waals surface area contributed by atoms with Crippen molar-refractivity contribution in [3.63, 3.8) is 0 Å². The second-order valence-corrected chi connectivity index (χ2v) is 24.0. The van der Waals surface area contributed by atoms with Gasteiger partial charge >= 0.3 is 18.0 Å². The molecule has 0 radical (unpaired) electrons. The van der Waals surface area contributed by atoms with Crippen LogP contribution in [0.4, 0.5) is 4.79 Å². The standard InChI is InChI=1S/C66H85N9O10/c1-64(2,3)84-60(79)33-39-73(59(78)45-74(40-34-61(80)85-65(4,5)6)63(81)83-46-54-52-30-17-15-28-50(52)51-29-16-18-31-53(51)54)44-57(77)68-37-23-36-67-56(76)32-19-21-38-75-62(70-71-72-75)66(7,8)35-20-22-41-82-58-43-49(47-24-11-9-12-25-47)42-55(69-58)48-26-13-10-14-27-48/h9-18,24-31,42-43,54,71-72H,19-23,32-41,44-46H2,1-8H3,(H,67,76)(H,68,77). The second kappa shape index (κ2) is 30.5. The van der Waals surface area contributed by atoms with Crippen molar-refractivity contribution in [3.8, 4) is 39.4 Å². The van der Waals surface area contributed by atoms with Gasteiger partial charge in [-0.25, -0.2) is 15.3 Å². The van der Waals surface area contributed by atoms with Crippen LogP contribution in [-0.4, -0.2) is 132 Å². The maximum Gasteiger partial charge on any atom is 0.410 e. The molecule has 4 N–H and O–H groups in total. The Bertz CT molecular complexity index is 2980. The zero-order valence-electron chi connectivity index (χ0n) is 50.7. The molecular formula is C66H85N9O10. The Balaban J connectivity index is 0.831. The van der Waals surface area contributed by atoms with Crippen molar-refractivity contribution in [2.75, 3.05) is 59.0 Å². The fourth-order valence-corrected chi connectivity index (χ4v) is 10.2. The van der Waals surface area contributed by atoms with Crippen molar-refractivity contribution >= 4 is 41.6 Å². The van der Waals surface area contributed by atoms with Gasteiger partial charge in [0, 0.05) is 62.1 Å². The Labute approximate surface area is 500 Å².